The van der Waals surface area contributed by atoms with Gasteiger partial charge in [0, 0.05) is 36.7 Å². The van der Waals surface area contributed by atoms with Crippen LogP contribution >= 0.6 is 0 Å². The van der Waals surface area contributed by atoms with E-state index in [0.29, 0.717) is 25.5 Å². The minimum absolute atomic E-state index is 0.0117. The van der Waals surface area contributed by atoms with Gasteiger partial charge in [-0.15, -0.1) is 0 Å². The molecule has 2 aromatic rings. The molecule has 0 aliphatic carbocycles. The third-order valence-corrected chi connectivity index (χ3v) is 4.65. The molecule has 1 aliphatic rings. The third kappa shape index (κ3) is 4.86. The summed E-state index contributed by atoms with van der Waals surface area (Å²) in [6.07, 6.45) is -0.640. The average Bonchev–Trinajstić information content (AvgIpc) is 2.69. The molecule has 6 nitrogen and oxygen atoms in total. The summed E-state index contributed by atoms with van der Waals surface area (Å²) in [5.41, 5.74) is 2.14. The number of carbonyl (C=O) groups is 1. The summed E-state index contributed by atoms with van der Waals surface area (Å²) in [4.78, 5) is 16.3. The van der Waals surface area contributed by atoms with Gasteiger partial charge in [-0.2, -0.15) is 0 Å². The lowest BCUT2D eigenvalue weighted by atomic mass is 9.90. The summed E-state index contributed by atoms with van der Waals surface area (Å²) in [5.74, 6) is 0.0713. The molecule has 0 saturated heterocycles. The zero-order chi connectivity index (χ0) is 19.9. The molecule has 0 fully saturated rings. The molecular formula is C21H25FN4O2. The summed E-state index contributed by atoms with van der Waals surface area (Å²) < 4.78 is 13.8. The van der Waals surface area contributed by atoms with Gasteiger partial charge in [0.1, 0.15) is 11.9 Å². The van der Waals surface area contributed by atoms with E-state index in [0.717, 1.165) is 11.3 Å². The van der Waals surface area contributed by atoms with Gasteiger partial charge in [-0.1, -0.05) is 36.4 Å². The molecule has 0 aromatic heterocycles. The van der Waals surface area contributed by atoms with Crippen molar-refractivity contribution < 1.29 is 14.3 Å². The number of fused-ring (bicyclic) bond motifs is 1. The Hall–Kier alpha value is -2.93. The van der Waals surface area contributed by atoms with Crippen LogP contribution in [-0.2, 0) is 4.79 Å². The number of carbonyl (C=O) groups excluding carboxylic acids is 1. The number of anilines is 1. The van der Waals surface area contributed by atoms with E-state index in [1.807, 2.05) is 31.2 Å². The Morgan fingerprint density at radius 2 is 2.00 bits per heavy atom. The number of rotatable bonds is 6. The van der Waals surface area contributed by atoms with Crippen molar-refractivity contribution in [3.63, 3.8) is 0 Å². The van der Waals surface area contributed by atoms with Crippen LogP contribution in [0.25, 0.3) is 0 Å². The second kappa shape index (κ2) is 9.32. The highest BCUT2D eigenvalue weighted by Crippen LogP contribution is 2.31. The molecule has 2 aromatic carbocycles. The molecule has 3 rings (SSSR count). The number of benzene rings is 2. The highest BCUT2D eigenvalue weighted by Gasteiger charge is 2.24. The smallest absolute Gasteiger partial charge is 0.225 e. The van der Waals surface area contributed by atoms with Gasteiger partial charge >= 0.3 is 0 Å². The van der Waals surface area contributed by atoms with E-state index in [1.165, 1.54) is 6.07 Å². The van der Waals surface area contributed by atoms with Crippen LogP contribution in [0.3, 0.4) is 0 Å². The lowest BCUT2D eigenvalue weighted by Gasteiger charge is -2.26. The van der Waals surface area contributed by atoms with E-state index in [4.69, 9.17) is 0 Å². The van der Waals surface area contributed by atoms with Crippen molar-refractivity contribution in [1.29, 1.82) is 0 Å². The maximum Gasteiger partial charge on any atom is 0.225 e. The Labute approximate surface area is 163 Å². The van der Waals surface area contributed by atoms with Gasteiger partial charge in [0.2, 0.25) is 5.91 Å². The zero-order valence-corrected chi connectivity index (χ0v) is 15.8. The second-order valence-corrected chi connectivity index (χ2v) is 6.67. The number of aliphatic hydroxyl groups excluding tert-OH is 1. The molecule has 1 amide bonds. The highest BCUT2D eigenvalue weighted by molar-refractivity contribution is 5.94. The zero-order valence-electron chi connectivity index (χ0n) is 15.8. The van der Waals surface area contributed by atoms with E-state index in [-0.39, 0.29) is 23.9 Å². The van der Waals surface area contributed by atoms with Crippen LogP contribution in [0.5, 0.6) is 0 Å². The molecule has 148 valence electrons. The van der Waals surface area contributed by atoms with Crippen molar-refractivity contribution in [2.75, 3.05) is 25.0 Å². The molecule has 0 saturated carbocycles. The minimum Gasteiger partial charge on any atom is -0.386 e. The van der Waals surface area contributed by atoms with Crippen molar-refractivity contribution in [1.82, 2.24) is 10.6 Å². The fourth-order valence-electron chi connectivity index (χ4n) is 3.27. The van der Waals surface area contributed by atoms with Crippen molar-refractivity contribution in [3.8, 4) is 0 Å². The Bertz CT molecular complexity index is 856. The number of nitrogens with one attached hydrogen (secondary N) is 3. The van der Waals surface area contributed by atoms with Gasteiger partial charge in [0.25, 0.3) is 0 Å². The van der Waals surface area contributed by atoms with Gasteiger partial charge < -0.3 is 21.1 Å². The number of hydrogen-bond acceptors (Lipinski definition) is 3. The topological polar surface area (TPSA) is 85.8 Å². The predicted molar refractivity (Wildman–Crippen MR) is 108 cm³/mol. The summed E-state index contributed by atoms with van der Waals surface area (Å²) in [6.45, 7) is 3.13. The van der Waals surface area contributed by atoms with Crippen LogP contribution in [0, 0.1) is 5.82 Å². The summed E-state index contributed by atoms with van der Waals surface area (Å²) in [7, 11) is 0. The Balaban J connectivity index is 1.66. The number of guanidine groups is 1. The van der Waals surface area contributed by atoms with E-state index >= 15 is 0 Å². The molecule has 0 spiro atoms. The van der Waals surface area contributed by atoms with Gasteiger partial charge in [0.05, 0.1) is 6.54 Å². The van der Waals surface area contributed by atoms with Gasteiger partial charge in [-0.3, -0.25) is 9.79 Å². The minimum atomic E-state index is -1.03. The number of aliphatic hydroxyl groups is 1. The van der Waals surface area contributed by atoms with Gasteiger partial charge in [-0.05, 0) is 24.6 Å². The molecule has 28 heavy (non-hydrogen) atoms. The molecule has 1 aliphatic heterocycles. The molecule has 1 heterocycles. The lowest BCUT2D eigenvalue weighted by molar-refractivity contribution is -0.116. The Morgan fingerprint density at radius 1 is 1.25 bits per heavy atom. The SMILES string of the molecule is CCNC(=NCC(O)c1ccccc1F)NCC1CC(=O)Nc2ccccc21. The van der Waals surface area contributed by atoms with Crippen LogP contribution in [0.1, 0.15) is 36.5 Å². The fourth-order valence-corrected chi connectivity index (χ4v) is 3.27. The number of amides is 1. The van der Waals surface area contributed by atoms with Crippen molar-refractivity contribution in [2.45, 2.75) is 25.4 Å². The van der Waals surface area contributed by atoms with Crippen LogP contribution in [-0.4, -0.2) is 36.6 Å². The molecule has 2 unspecified atom stereocenters. The van der Waals surface area contributed by atoms with Gasteiger partial charge in [0.15, 0.2) is 5.96 Å². The fraction of sp³-hybridized carbons (Fsp3) is 0.333. The molecule has 0 radical (unpaired) electrons. The summed E-state index contributed by atoms with van der Waals surface area (Å²) in [5, 5.41) is 19.5. The Morgan fingerprint density at radius 3 is 2.79 bits per heavy atom. The monoisotopic (exact) mass is 384 g/mol. The average molecular weight is 384 g/mol. The normalized spacial score (nSPS) is 17.5. The van der Waals surface area contributed by atoms with Crippen LogP contribution < -0.4 is 16.0 Å². The number of hydrogen-bond donors (Lipinski definition) is 4. The third-order valence-electron chi connectivity index (χ3n) is 4.65. The number of halogens is 1. The number of aliphatic imine (C=N–C) groups is 1. The van der Waals surface area contributed by atoms with Gasteiger partial charge in [-0.25, -0.2) is 4.39 Å². The van der Waals surface area contributed by atoms with E-state index in [2.05, 4.69) is 20.9 Å². The first-order chi connectivity index (χ1) is 13.6. The van der Waals surface area contributed by atoms with Crippen molar-refractivity contribution in [3.05, 3.63) is 65.5 Å². The largest absolute Gasteiger partial charge is 0.386 e. The molecule has 7 heteroatoms. The van der Waals surface area contributed by atoms with Crippen molar-refractivity contribution in [2.24, 2.45) is 4.99 Å². The second-order valence-electron chi connectivity index (χ2n) is 6.67. The molecule has 4 N–H and O–H groups in total. The number of para-hydroxylation sites is 1. The van der Waals surface area contributed by atoms with Crippen LogP contribution in [0.15, 0.2) is 53.5 Å². The Kier molecular flexibility index (Phi) is 6.60. The lowest BCUT2D eigenvalue weighted by Crippen LogP contribution is -2.41. The van der Waals surface area contributed by atoms with Crippen molar-refractivity contribution >= 4 is 17.6 Å². The molecular weight excluding hydrogens is 359 g/mol. The predicted octanol–water partition coefficient (Wildman–Crippen LogP) is 2.54. The quantitative estimate of drug-likeness (QED) is 0.455. The maximum atomic E-state index is 13.8. The summed E-state index contributed by atoms with van der Waals surface area (Å²) >= 11 is 0. The summed E-state index contributed by atoms with van der Waals surface area (Å²) in [6, 6.07) is 13.9. The number of nitrogens with zero attached hydrogens (tertiary/aromatic N) is 1. The van der Waals surface area contributed by atoms with Crippen LogP contribution in [0.2, 0.25) is 0 Å². The first-order valence-corrected chi connectivity index (χ1v) is 9.42. The standard InChI is InChI=1S/C21H25FN4O2/c1-2-23-21(25-13-19(27)16-8-3-5-9-17(16)22)24-12-14-11-20(28)26-18-10-6-4-7-15(14)18/h3-10,14,19,27H,2,11-13H2,1H3,(H,26,28)(H2,23,24,25). The van der Waals surface area contributed by atoms with E-state index in [1.54, 1.807) is 18.2 Å². The maximum absolute atomic E-state index is 13.8. The van der Waals surface area contributed by atoms with Crippen LogP contribution in [0.4, 0.5) is 10.1 Å². The molecule has 0 bridgehead atoms. The van der Waals surface area contributed by atoms with E-state index in [9.17, 15) is 14.3 Å². The highest BCUT2D eigenvalue weighted by atomic mass is 19.1. The first-order valence-electron chi connectivity index (χ1n) is 9.42. The molecule has 2 atom stereocenters. The van der Waals surface area contributed by atoms with E-state index < -0.39 is 11.9 Å². The first kappa shape index (κ1) is 19.8.